The number of aromatic nitrogens is 4. The zero-order valence-corrected chi connectivity index (χ0v) is 24.4. The van der Waals surface area contributed by atoms with E-state index in [-0.39, 0.29) is 0 Å². The summed E-state index contributed by atoms with van der Waals surface area (Å²) < 4.78 is 15.8. The number of nitrogens with zero attached hydrogens (tertiary/aromatic N) is 5. The van der Waals surface area contributed by atoms with Crippen LogP contribution in [-0.4, -0.2) is 26.0 Å². The molecule has 0 radical (unpaired) electrons. The standard InChI is InChI=1S/C13H9BrClN3.C8H5BrClN.C6H6FN/c1-8-3-2-4-13(17-8)18-12-6-9(14)5-11(15)10(12)7-16-18;9-6-1-5-3-11-4-7(5)8(10)2-6;1-5-3-2-4-6(7)8-5/h2-7H,1H3;1-2,4H,3H2;2-4H,1H3. The van der Waals surface area contributed by atoms with E-state index in [9.17, 15) is 4.39 Å². The van der Waals surface area contributed by atoms with Crippen LogP contribution in [0.2, 0.25) is 10.0 Å². The van der Waals surface area contributed by atoms with Crippen molar-refractivity contribution >= 4 is 72.2 Å². The minimum Gasteiger partial charge on any atom is -0.288 e. The molecule has 1 aliphatic heterocycles. The smallest absolute Gasteiger partial charge is 0.213 e. The number of aliphatic imine (C=N–C) groups is 1. The fourth-order valence-corrected chi connectivity index (χ4v) is 5.31. The van der Waals surface area contributed by atoms with Gasteiger partial charge in [0, 0.05) is 37.5 Å². The van der Waals surface area contributed by atoms with Crippen LogP contribution < -0.4 is 0 Å². The van der Waals surface area contributed by atoms with Crippen molar-refractivity contribution in [1.29, 1.82) is 0 Å². The summed E-state index contributed by atoms with van der Waals surface area (Å²) >= 11 is 19.0. The first kappa shape index (κ1) is 27.4. The molecule has 188 valence electrons. The van der Waals surface area contributed by atoms with Crippen molar-refractivity contribution in [2.75, 3.05) is 0 Å². The van der Waals surface area contributed by atoms with Gasteiger partial charge in [-0.1, -0.05) is 67.2 Å². The summed E-state index contributed by atoms with van der Waals surface area (Å²) in [5, 5.41) is 6.73. The van der Waals surface area contributed by atoms with Crippen molar-refractivity contribution in [1.82, 2.24) is 19.7 Å². The molecule has 0 spiro atoms. The van der Waals surface area contributed by atoms with Crippen molar-refractivity contribution in [3.05, 3.63) is 114 Å². The topological polar surface area (TPSA) is 56.0 Å². The van der Waals surface area contributed by atoms with Crippen LogP contribution in [0.1, 0.15) is 22.5 Å². The van der Waals surface area contributed by atoms with Gasteiger partial charge in [0.1, 0.15) is 0 Å². The molecule has 0 saturated heterocycles. The van der Waals surface area contributed by atoms with Gasteiger partial charge in [0.2, 0.25) is 5.95 Å². The van der Waals surface area contributed by atoms with Gasteiger partial charge in [-0.25, -0.2) is 14.6 Å². The molecule has 0 amide bonds. The number of hydrogen-bond donors (Lipinski definition) is 0. The maximum absolute atomic E-state index is 12.1. The molecule has 0 aliphatic carbocycles. The van der Waals surface area contributed by atoms with Gasteiger partial charge in [0.05, 0.1) is 28.3 Å². The van der Waals surface area contributed by atoms with Gasteiger partial charge in [0.25, 0.3) is 0 Å². The van der Waals surface area contributed by atoms with Gasteiger partial charge in [-0.05, 0) is 67.9 Å². The number of rotatable bonds is 1. The van der Waals surface area contributed by atoms with E-state index in [1.54, 1.807) is 29.9 Å². The first-order chi connectivity index (χ1) is 17.7. The van der Waals surface area contributed by atoms with E-state index < -0.39 is 5.95 Å². The lowest BCUT2D eigenvalue weighted by Gasteiger charge is -2.04. The fourth-order valence-electron chi connectivity index (χ4n) is 3.54. The van der Waals surface area contributed by atoms with Crippen LogP contribution in [0.15, 0.2) is 80.8 Å². The number of halogens is 5. The molecule has 0 N–H and O–H groups in total. The van der Waals surface area contributed by atoms with Crippen molar-refractivity contribution in [2.24, 2.45) is 4.99 Å². The van der Waals surface area contributed by atoms with Gasteiger partial charge < -0.3 is 0 Å². The van der Waals surface area contributed by atoms with Gasteiger partial charge in [-0.3, -0.25) is 4.99 Å². The van der Waals surface area contributed by atoms with Crippen LogP contribution >= 0.6 is 55.1 Å². The van der Waals surface area contributed by atoms with Gasteiger partial charge in [0.15, 0.2) is 5.82 Å². The summed E-state index contributed by atoms with van der Waals surface area (Å²) in [7, 11) is 0. The van der Waals surface area contributed by atoms with Crippen LogP contribution in [-0.2, 0) is 6.54 Å². The first-order valence-electron chi connectivity index (χ1n) is 11.0. The molecular formula is C27H20Br2Cl2FN5. The highest BCUT2D eigenvalue weighted by Crippen LogP contribution is 2.29. The van der Waals surface area contributed by atoms with Crippen molar-refractivity contribution < 1.29 is 4.39 Å². The number of hydrogen-bond acceptors (Lipinski definition) is 4. The van der Waals surface area contributed by atoms with E-state index in [0.29, 0.717) is 10.7 Å². The van der Waals surface area contributed by atoms with E-state index in [1.165, 1.54) is 11.6 Å². The Hall–Kier alpha value is -2.65. The monoisotopic (exact) mass is 661 g/mol. The Labute approximate surface area is 240 Å². The van der Waals surface area contributed by atoms with Crippen LogP contribution in [0.5, 0.6) is 0 Å². The summed E-state index contributed by atoms with van der Waals surface area (Å²) in [5.74, 6) is 0.379. The maximum atomic E-state index is 12.1. The molecule has 0 fully saturated rings. The number of pyridine rings is 2. The van der Waals surface area contributed by atoms with Crippen molar-refractivity contribution in [3.63, 3.8) is 0 Å². The van der Waals surface area contributed by atoms with E-state index in [4.69, 9.17) is 23.2 Å². The number of fused-ring (bicyclic) bond motifs is 2. The SMILES string of the molecule is Cc1cccc(-n2ncc3c(Cl)cc(Br)cc32)n1.Cc1cccc(F)n1.Clc1cc(Br)cc2c1C=NC2. The van der Waals surface area contributed by atoms with Crippen LogP contribution in [0.3, 0.4) is 0 Å². The molecule has 0 saturated carbocycles. The third-order valence-electron chi connectivity index (χ3n) is 5.21. The third-order valence-corrected chi connectivity index (χ3v) is 6.75. The zero-order valence-electron chi connectivity index (χ0n) is 19.8. The predicted octanol–water partition coefficient (Wildman–Crippen LogP) is 8.71. The summed E-state index contributed by atoms with van der Waals surface area (Å²) in [6.45, 7) is 4.47. The molecular weight excluding hydrogens is 644 g/mol. The second-order valence-corrected chi connectivity index (χ2v) is 10.7. The highest BCUT2D eigenvalue weighted by atomic mass is 79.9. The molecule has 2 aromatic carbocycles. The molecule has 0 atom stereocenters. The second kappa shape index (κ2) is 12.3. The summed E-state index contributed by atoms with van der Waals surface area (Å²) in [4.78, 5) is 12.1. The van der Waals surface area contributed by atoms with E-state index in [0.717, 1.165) is 48.5 Å². The Morgan fingerprint density at radius 2 is 1.54 bits per heavy atom. The summed E-state index contributed by atoms with van der Waals surface area (Å²) in [6.07, 6.45) is 3.58. The average molecular weight is 664 g/mol. The van der Waals surface area contributed by atoms with Crippen LogP contribution in [0, 0.1) is 19.8 Å². The van der Waals surface area contributed by atoms with E-state index >= 15 is 0 Å². The largest absolute Gasteiger partial charge is 0.288 e. The molecule has 10 heteroatoms. The third kappa shape index (κ3) is 7.02. The molecule has 5 aromatic rings. The minimum atomic E-state index is -0.412. The minimum absolute atomic E-state index is 0.412. The van der Waals surface area contributed by atoms with Gasteiger partial charge >= 0.3 is 0 Å². The molecule has 0 unspecified atom stereocenters. The predicted molar refractivity (Wildman–Crippen MR) is 156 cm³/mol. The lowest BCUT2D eigenvalue weighted by molar-refractivity contribution is 0.580. The maximum Gasteiger partial charge on any atom is 0.213 e. The Morgan fingerprint density at radius 1 is 0.865 bits per heavy atom. The quantitative estimate of drug-likeness (QED) is 0.169. The number of aryl methyl sites for hydroxylation is 2. The first-order valence-corrected chi connectivity index (χ1v) is 13.4. The van der Waals surface area contributed by atoms with Crippen molar-refractivity contribution in [2.45, 2.75) is 20.4 Å². The molecule has 3 aromatic heterocycles. The van der Waals surface area contributed by atoms with Gasteiger partial charge in [-0.2, -0.15) is 9.49 Å². The summed E-state index contributed by atoms with van der Waals surface area (Å²) in [5.41, 5.74) is 4.87. The molecule has 1 aliphatic rings. The normalized spacial score (nSPS) is 11.4. The van der Waals surface area contributed by atoms with Crippen LogP contribution in [0.25, 0.3) is 16.7 Å². The van der Waals surface area contributed by atoms with Crippen molar-refractivity contribution in [3.8, 4) is 5.82 Å². The molecule has 5 nitrogen and oxygen atoms in total. The molecule has 4 heterocycles. The highest BCUT2D eigenvalue weighted by molar-refractivity contribution is 9.10. The number of benzene rings is 2. The Morgan fingerprint density at radius 3 is 2.22 bits per heavy atom. The Kier molecular flexibility index (Phi) is 9.08. The summed E-state index contributed by atoms with van der Waals surface area (Å²) in [6, 6.07) is 18.3. The second-order valence-electron chi connectivity index (χ2n) is 8.05. The van der Waals surface area contributed by atoms with Gasteiger partial charge in [-0.15, -0.1) is 0 Å². The fraction of sp³-hybridized carbons (Fsp3) is 0.111. The van der Waals surface area contributed by atoms with Crippen LogP contribution in [0.4, 0.5) is 4.39 Å². The van der Waals surface area contributed by atoms with E-state index in [1.807, 2.05) is 55.6 Å². The van der Waals surface area contributed by atoms with E-state index in [2.05, 4.69) is 51.9 Å². The lowest BCUT2D eigenvalue weighted by Crippen LogP contribution is -1.99. The molecule has 6 rings (SSSR count). The Bertz CT molecular complexity index is 1590. The average Bonchev–Trinajstić information content (AvgIpc) is 3.47. The highest BCUT2D eigenvalue weighted by Gasteiger charge is 2.11. The lowest BCUT2D eigenvalue weighted by atomic mass is 10.1. The molecule has 0 bridgehead atoms. The Balaban J connectivity index is 0.000000143. The molecule has 37 heavy (non-hydrogen) atoms. The zero-order chi connectivity index (χ0) is 26.5.